The van der Waals surface area contributed by atoms with Crippen molar-refractivity contribution in [2.24, 2.45) is 0 Å². The molecule has 2 N–H and O–H groups in total. The van der Waals surface area contributed by atoms with E-state index in [-0.39, 0.29) is 11.5 Å². The van der Waals surface area contributed by atoms with E-state index in [9.17, 15) is 10.2 Å². The molecule has 6 heteroatoms. The molecular weight excluding hydrogens is 406 g/mol. The highest BCUT2D eigenvalue weighted by molar-refractivity contribution is 9.10. The predicted octanol–water partition coefficient (Wildman–Crippen LogP) is 5.05. The molecule has 1 aromatic heterocycles. The molecule has 4 rings (SSSR count). The van der Waals surface area contributed by atoms with Crippen LogP contribution in [0.25, 0.3) is 34.2 Å². The van der Waals surface area contributed by atoms with E-state index in [1.807, 2.05) is 24.3 Å². The van der Waals surface area contributed by atoms with Crippen LogP contribution in [0.2, 0.25) is 0 Å². The van der Waals surface area contributed by atoms with Crippen LogP contribution < -0.4 is 0 Å². The number of nitrogens with zero attached hydrogens (tertiary/aromatic N) is 3. The molecule has 0 amide bonds. The van der Waals surface area contributed by atoms with E-state index in [1.54, 1.807) is 48.5 Å². The molecule has 0 atom stereocenters. The smallest absolute Gasteiger partial charge is 0.167 e. The summed E-state index contributed by atoms with van der Waals surface area (Å²) in [5.74, 6) is 1.26. The molecule has 1 heterocycles. The molecule has 0 radical (unpaired) electrons. The molecular formula is C21H14BrN3O2. The third kappa shape index (κ3) is 3.52. The van der Waals surface area contributed by atoms with Crippen LogP contribution in [0.3, 0.4) is 0 Å². The van der Waals surface area contributed by atoms with Gasteiger partial charge in [-0.1, -0.05) is 52.3 Å². The lowest BCUT2D eigenvalue weighted by Gasteiger charge is -2.10. The van der Waals surface area contributed by atoms with Gasteiger partial charge in [0.05, 0.1) is 11.1 Å². The number of benzene rings is 3. The minimum Gasteiger partial charge on any atom is -0.507 e. The Hall–Kier alpha value is -3.25. The van der Waals surface area contributed by atoms with Crippen molar-refractivity contribution < 1.29 is 10.2 Å². The minimum atomic E-state index is 0.0760. The second-order valence-corrected chi connectivity index (χ2v) is 6.77. The summed E-state index contributed by atoms with van der Waals surface area (Å²) in [4.78, 5) is 13.6. The first-order valence-corrected chi connectivity index (χ1v) is 9.00. The van der Waals surface area contributed by atoms with Crippen LogP contribution in [-0.2, 0) is 0 Å². The summed E-state index contributed by atoms with van der Waals surface area (Å²) >= 11 is 3.46. The Bertz CT molecular complexity index is 1070. The van der Waals surface area contributed by atoms with Gasteiger partial charge in [-0.2, -0.15) is 0 Å². The molecule has 0 unspecified atom stereocenters. The largest absolute Gasteiger partial charge is 0.507 e. The zero-order chi connectivity index (χ0) is 18.8. The van der Waals surface area contributed by atoms with Crippen LogP contribution in [0.4, 0.5) is 0 Å². The average molecular weight is 420 g/mol. The van der Waals surface area contributed by atoms with E-state index in [4.69, 9.17) is 0 Å². The Labute approximate surface area is 164 Å². The topological polar surface area (TPSA) is 79.1 Å². The standard InChI is InChI=1S/C21H14BrN3O2/c22-14-7-5-6-13(12-14)19-23-20(15-8-1-3-10-17(15)26)25-21(24-19)16-9-2-4-11-18(16)27/h1-12,26-27H. The van der Waals surface area contributed by atoms with E-state index in [1.165, 1.54) is 0 Å². The monoisotopic (exact) mass is 419 g/mol. The zero-order valence-corrected chi connectivity index (χ0v) is 15.6. The lowest BCUT2D eigenvalue weighted by atomic mass is 10.1. The van der Waals surface area contributed by atoms with Crippen molar-refractivity contribution in [1.29, 1.82) is 0 Å². The first-order chi connectivity index (χ1) is 13.1. The van der Waals surface area contributed by atoms with Crippen LogP contribution in [-0.4, -0.2) is 25.2 Å². The van der Waals surface area contributed by atoms with Gasteiger partial charge in [-0.05, 0) is 36.4 Å². The van der Waals surface area contributed by atoms with Crippen molar-refractivity contribution in [1.82, 2.24) is 15.0 Å². The molecule has 0 spiro atoms. The van der Waals surface area contributed by atoms with Gasteiger partial charge in [0.1, 0.15) is 11.5 Å². The van der Waals surface area contributed by atoms with Gasteiger partial charge in [-0.3, -0.25) is 0 Å². The molecule has 0 bridgehead atoms. The van der Waals surface area contributed by atoms with E-state index in [2.05, 4.69) is 30.9 Å². The molecule has 0 saturated carbocycles. The molecule has 0 aliphatic carbocycles. The van der Waals surface area contributed by atoms with Crippen LogP contribution in [0, 0.1) is 0 Å². The lowest BCUT2D eigenvalue weighted by Crippen LogP contribution is -2.00. The number of aromatic hydroxyl groups is 2. The third-order valence-electron chi connectivity index (χ3n) is 4.01. The van der Waals surface area contributed by atoms with Gasteiger partial charge >= 0.3 is 0 Å². The molecule has 132 valence electrons. The van der Waals surface area contributed by atoms with Crippen molar-refractivity contribution in [3.8, 4) is 45.7 Å². The maximum absolute atomic E-state index is 10.2. The van der Waals surface area contributed by atoms with E-state index >= 15 is 0 Å². The van der Waals surface area contributed by atoms with Crippen molar-refractivity contribution in [2.75, 3.05) is 0 Å². The fourth-order valence-corrected chi connectivity index (χ4v) is 3.10. The number of hydrogen-bond acceptors (Lipinski definition) is 5. The quantitative estimate of drug-likeness (QED) is 0.485. The van der Waals surface area contributed by atoms with Crippen molar-refractivity contribution in [2.45, 2.75) is 0 Å². The normalized spacial score (nSPS) is 10.7. The Morgan fingerprint density at radius 1 is 0.593 bits per heavy atom. The molecule has 27 heavy (non-hydrogen) atoms. The number of phenolic OH excluding ortho intramolecular Hbond substituents is 2. The summed E-state index contributed by atoms with van der Waals surface area (Å²) in [7, 11) is 0. The van der Waals surface area contributed by atoms with E-state index in [0.29, 0.717) is 28.6 Å². The van der Waals surface area contributed by atoms with Gasteiger partial charge in [0.25, 0.3) is 0 Å². The Balaban J connectivity index is 1.97. The SMILES string of the molecule is Oc1ccccc1-c1nc(-c2cccc(Br)c2)nc(-c2ccccc2O)n1. The maximum Gasteiger partial charge on any atom is 0.167 e. The van der Waals surface area contributed by atoms with Gasteiger partial charge in [-0.25, -0.2) is 15.0 Å². The molecule has 0 saturated heterocycles. The highest BCUT2D eigenvalue weighted by Gasteiger charge is 2.16. The van der Waals surface area contributed by atoms with Gasteiger partial charge in [0.15, 0.2) is 17.5 Å². The van der Waals surface area contributed by atoms with Crippen molar-refractivity contribution >= 4 is 15.9 Å². The molecule has 0 aliphatic heterocycles. The highest BCUT2D eigenvalue weighted by atomic mass is 79.9. The minimum absolute atomic E-state index is 0.0760. The first kappa shape index (κ1) is 17.2. The number of rotatable bonds is 3. The number of phenols is 2. The average Bonchev–Trinajstić information content (AvgIpc) is 2.68. The number of aromatic nitrogens is 3. The summed E-state index contributed by atoms with van der Waals surface area (Å²) in [6.45, 7) is 0. The number of halogens is 1. The van der Waals surface area contributed by atoms with Crippen LogP contribution in [0.15, 0.2) is 77.3 Å². The van der Waals surface area contributed by atoms with Crippen molar-refractivity contribution in [3.63, 3.8) is 0 Å². The summed E-state index contributed by atoms with van der Waals surface area (Å²) in [5.41, 5.74) is 1.78. The summed E-state index contributed by atoms with van der Waals surface area (Å²) < 4.78 is 0.897. The lowest BCUT2D eigenvalue weighted by molar-refractivity contribution is 0.477. The Kier molecular flexibility index (Phi) is 4.56. The van der Waals surface area contributed by atoms with Gasteiger partial charge in [0, 0.05) is 10.0 Å². The van der Waals surface area contributed by atoms with Crippen molar-refractivity contribution in [3.05, 3.63) is 77.3 Å². The Morgan fingerprint density at radius 2 is 1.11 bits per heavy atom. The van der Waals surface area contributed by atoms with Gasteiger partial charge in [0.2, 0.25) is 0 Å². The predicted molar refractivity (Wildman–Crippen MR) is 107 cm³/mol. The molecule has 0 aliphatic rings. The third-order valence-corrected chi connectivity index (χ3v) is 4.50. The second kappa shape index (κ2) is 7.17. The summed E-state index contributed by atoms with van der Waals surface area (Å²) in [6.07, 6.45) is 0. The molecule has 0 fully saturated rings. The van der Waals surface area contributed by atoms with E-state index < -0.39 is 0 Å². The fraction of sp³-hybridized carbons (Fsp3) is 0. The summed E-state index contributed by atoms with van der Waals surface area (Å²) in [6, 6.07) is 21.3. The molecule has 5 nitrogen and oxygen atoms in total. The summed E-state index contributed by atoms with van der Waals surface area (Å²) in [5, 5.41) is 20.5. The number of hydrogen-bond donors (Lipinski definition) is 2. The number of para-hydroxylation sites is 2. The highest BCUT2D eigenvalue weighted by Crippen LogP contribution is 2.32. The van der Waals surface area contributed by atoms with Crippen LogP contribution >= 0.6 is 15.9 Å². The maximum atomic E-state index is 10.2. The second-order valence-electron chi connectivity index (χ2n) is 5.85. The first-order valence-electron chi connectivity index (χ1n) is 8.20. The van der Waals surface area contributed by atoms with E-state index in [0.717, 1.165) is 10.0 Å². The Morgan fingerprint density at radius 3 is 1.63 bits per heavy atom. The molecule has 3 aromatic carbocycles. The fourth-order valence-electron chi connectivity index (χ4n) is 2.70. The van der Waals surface area contributed by atoms with Crippen LogP contribution in [0.5, 0.6) is 11.5 Å². The van der Waals surface area contributed by atoms with Gasteiger partial charge < -0.3 is 10.2 Å². The van der Waals surface area contributed by atoms with Crippen LogP contribution in [0.1, 0.15) is 0 Å². The van der Waals surface area contributed by atoms with Gasteiger partial charge in [-0.15, -0.1) is 0 Å². The molecule has 4 aromatic rings. The zero-order valence-electron chi connectivity index (χ0n) is 14.0.